The number of hydrogen-bond acceptors (Lipinski definition) is 5. The van der Waals surface area contributed by atoms with Crippen LogP contribution in [0.3, 0.4) is 0 Å². The van der Waals surface area contributed by atoms with E-state index in [1.807, 2.05) is 14.1 Å². The Morgan fingerprint density at radius 2 is 1.93 bits per heavy atom. The Morgan fingerprint density at radius 3 is 2.59 bits per heavy atom. The summed E-state index contributed by atoms with van der Waals surface area (Å²) in [5.74, 6) is 0.740. The number of carbonyl (C=O) groups excluding carboxylic acids is 1. The van der Waals surface area contributed by atoms with Crippen LogP contribution in [-0.4, -0.2) is 43.1 Å². The number of piperidine rings is 1. The zero-order valence-corrected chi connectivity index (χ0v) is 16.5. The lowest BCUT2D eigenvalue weighted by atomic mass is 10.1. The van der Waals surface area contributed by atoms with E-state index in [1.54, 1.807) is 11.1 Å². The molecule has 1 saturated heterocycles. The smallest absolute Gasteiger partial charge is 0.361 e. The van der Waals surface area contributed by atoms with E-state index in [1.165, 1.54) is 18.6 Å². The molecule has 0 saturated carbocycles. The van der Waals surface area contributed by atoms with E-state index in [0.717, 1.165) is 38.1 Å². The minimum Gasteiger partial charge on any atom is -0.361 e. The van der Waals surface area contributed by atoms with Crippen LogP contribution in [0.4, 0.5) is 30.6 Å². The van der Waals surface area contributed by atoms with Crippen molar-refractivity contribution in [2.75, 3.05) is 42.3 Å². The number of amides is 1. The standard InChI is InChI=1S/C20H24F3N5O/c1-27(2)18-16(13-24-19(26-18)28-9-4-3-5-10-28)25-17(29)12-14-7-6-8-15(11-14)20(21,22)23/h6-8,11,13H,3-5,9-10,12H2,1-2H3,(H,25,29). The Morgan fingerprint density at radius 1 is 1.21 bits per heavy atom. The van der Waals surface area contributed by atoms with Gasteiger partial charge in [0.2, 0.25) is 11.9 Å². The molecule has 0 radical (unpaired) electrons. The first-order valence-corrected chi connectivity index (χ1v) is 9.49. The van der Waals surface area contributed by atoms with Crippen LogP contribution in [0.5, 0.6) is 0 Å². The minimum atomic E-state index is -4.44. The lowest BCUT2D eigenvalue weighted by Gasteiger charge is -2.28. The van der Waals surface area contributed by atoms with Crippen LogP contribution < -0.4 is 15.1 Å². The number of hydrogen-bond donors (Lipinski definition) is 1. The van der Waals surface area contributed by atoms with Crippen molar-refractivity contribution >= 4 is 23.4 Å². The predicted octanol–water partition coefficient (Wildman–Crippen LogP) is 3.73. The zero-order valence-electron chi connectivity index (χ0n) is 16.5. The molecule has 1 aliphatic heterocycles. The van der Waals surface area contributed by atoms with Gasteiger partial charge in [0, 0.05) is 27.2 Å². The molecule has 0 spiro atoms. The molecule has 0 unspecified atom stereocenters. The highest BCUT2D eigenvalue weighted by Crippen LogP contribution is 2.30. The molecule has 3 rings (SSSR count). The van der Waals surface area contributed by atoms with Gasteiger partial charge in [0.05, 0.1) is 18.2 Å². The third kappa shape index (κ3) is 5.36. The van der Waals surface area contributed by atoms with E-state index in [4.69, 9.17) is 0 Å². The minimum absolute atomic E-state index is 0.176. The van der Waals surface area contributed by atoms with Crippen LogP contribution >= 0.6 is 0 Å². The fourth-order valence-corrected chi connectivity index (χ4v) is 3.28. The summed E-state index contributed by atoms with van der Waals surface area (Å²) >= 11 is 0. The number of nitrogens with one attached hydrogen (secondary N) is 1. The van der Waals surface area contributed by atoms with Gasteiger partial charge in [-0.1, -0.05) is 18.2 Å². The number of alkyl halides is 3. The SMILES string of the molecule is CN(C)c1nc(N2CCCCC2)ncc1NC(=O)Cc1cccc(C(F)(F)F)c1. The number of rotatable bonds is 5. The molecule has 2 heterocycles. The molecule has 1 fully saturated rings. The van der Waals surface area contributed by atoms with Crippen LogP contribution in [0, 0.1) is 0 Å². The summed E-state index contributed by atoms with van der Waals surface area (Å²) in [6.45, 7) is 1.79. The van der Waals surface area contributed by atoms with Gasteiger partial charge in [-0.3, -0.25) is 4.79 Å². The van der Waals surface area contributed by atoms with Crippen molar-refractivity contribution in [1.29, 1.82) is 0 Å². The molecule has 29 heavy (non-hydrogen) atoms. The van der Waals surface area contributed by atoms with Crippen molar-refractivity contribution in [1.82, 2.24) is 9.97 Å². The van der Waals surface area contributed by atoms with E-state index >= 15 is 0 Å². The van der Waals surface area contributed by atoms with Crippen molar-refractivity contribution in [3.63, 3.8) is 0 Å². The molecule has 1 aromatic heterocycles. The maximum atomic E-state index is 12.9. The van der Waals surface area contributed by atoms with Crippen molar-refractivity contribution < 1.29 is 18.0 Å². The first kappa shape index (κ1) is 20.9. The second-order valence-electron chi connectivity index (χ2n) is 7.27. The normalized spacial score (nSPS) is 14.6. The summed E-state index contributed by atoms with van der Waals surface area (Å²) in [7, 11) is 3.62. The summed E-state index contributed by atoms with van der Waals surface area (Å²) < 4.78 is 38.6. The Balaban J connectivity index is 1.74. The van der Waals surface area contributed by atoms with Gasteiger partial charge < -0.3 is 15.1 Å². The first-order valence-electron chi connectivity index (χ1n) is 9.49. The van der Waals surface area contributed by atoms with E-state index in [9.17, 15) is 18.0 Å². The topological polar surface area (TPSA) is 61.4 Å². The number of aromatic nitrogens is 2. The average Bonchev–Trinajstić information content (AvgIpc) is 2.68. The molecule has 156 valence electrons. The van der Waals surface area contributed by atoms with Crippen LogP contribution in [0.2, 0.25) is 0 Å². The monoisotopic (exact) mass is 407 g/mol. The van der Waals surface area contributed by atoms with Gasteiger partial charge in [-0.05, 0) is 30.9 Å². The molecule has 0 aliphatic carbocycles. The fourth-order valence-electron chi connectivity index (χ4n) is 3.28. The summed E-state index contributed by atoms with van der Waals surface area (Å²) in [5, 5.41) is 2.72. The van der Waals surface area contributed by atoms with Crippen molar-refractivity contribution in [3.05, 3.63) is 41.6 Å². The summed E-state index contributed by atoms with van der Waals surface area (Å²) in [6.07, 6.45) is 0.316. The summed E-state index contributed by atoms with van der Waals surface area (Å²) in [4.78, 5) is 25.3. The number of halogens is 3. The van der Waals surface area contributed by atoms with Crippen LogP contribution in [0.1, 0.15) is 30.4 Å². The summed E-state index contributed by atoms with van der Waals surface area (Å²) in [5.41, 5.74) is -0.0617. The fraction of sp³-hybridized carbons (Fsp3) is 0.450. The van der Waals surface area contributed by atoms with E-state index in [2.05, 4.69) is 20.2 Å². The molecule has 9 heteroatoms. The number of anilines is 3. The third-order valence-corrected chi connectivity index (χ3v) is 4.71. The van der Waals surface area contributed by atoms with Gasteiger partial charge in [0.25, 0.3) is 0 Å². The van der Waals surface area contributed by atoms with E-state index in [-0.39, 0.29) is 12.0 Å². The molecule has 1 aromatic carbocycles. The predicted molar refractivity (Wildman–Crippen MR) is 106 cm³/mol. The molecule has 1 aliphatic rings. The summed E-state index contributed by atoms with van der Waals surface area (Å²) in [6, 6.07) is 4.77. The highest BCUT2D eigenvalue weighted by Gasteiger charge is 2.30. The lowest BCUT2D eigenvalue weighted by Crippen LogP contribution is -2.31. The van der Waals surface area contributed by atoms with Gasteiger partial charge >= 0.3 is 6.18 Å². The zero-order chi connectivity index (χ0) is 21.0. The first-order chi connectivity index (χ1) is 13.7. The Hall–Kier alpha value is -2.84. The van der Waals surface area contributed by atoms with E-state index < -0.39 is 17.6 Å². The number of benzene rings is 1. The molecular formula is C20H24F3N5O. The van der Waals surface area contributed by atoms with Crippen molar-refractivity contribution in [2.45, 2.75) is 31.9 Å². The third-order valence-electron chi connectivity index (χ3n) is 4.71. The maximum absolute atomic E-state index is 12.9. The quantitative estimate of drug-likeness (QED) is 0.818. The van der Waals surface area contributed by atoms with Gasteiger partial charge in [-0.25, -0.2) is 4.98 Å². The lowest BCUT2D eigenvalue weighted by molar-refractivity contribution is -0.137. The Labute approximate surface area is 167 Å². The van der Waals surface area contributed by atoms with Crippen LogP contribution in [0.25, 0.3) is 0 Å². The molecule has 0 bridgehead atoms. The molecular weight excluding hydrogens is 383 g/mol. The second-order valence-corrected chi connectivity index (χ2v) is 7.27. The highest BCUT2D eigenvalue weighted by atomic mass is 19.4. The van der Waals surface area contributed by atoms with Gasteiger partial charge in [0.1, 0.15) is 5.69 Å². The van der Waals surface area contributed by atoms with Crippen LogP contribution in [-0.2, 0) is 17.4 Å². The van der Waals surface area contributed by atoms with Crippen LogP contribution in [0.15, 0.2) is 30.5 Å². The maximum Gasteiger partial charge on any atom is 0.416 e. The molecule has 0 atom stereocenters. The number of nitrogens with zero attached hydrogens (tertiary/aromatic N) is 4. The average molecular weight is 407 g/mol. The molecule has 2 aromatic rings. The molecule has 1 amide bonds. The van der Waals surface area contributed by atoms with Crippen molar-refractivity contribution in [2.24, 2.45) is 0 Å². The number of carbonyl (C=O) groups is 1. The Kier molecular flexibility index (Phi) is 6.24. The van der Waals surface area contributed by atoms with Gasteiger partial charge in [-0.15, -0.1) is 0 Å². The largest absolute Gasteiger partial charge is 0.416 e. The van der Waals surface area contributed by atoms with Crippen molar-refractivity contribution in [3.8, 4) is 0 Å². The molecule has 1 N–H and O–H groups in total. The van der Waals surface area contributed by atoms with Gasteiger partial charge in [0.15, 0.2) is 5.82 Å². The second kappa shape index (κ2) is 8.67. The van der Waals surface area contributed by atoms with E-state index in [0.29, 0.717) is 17.5 Å². The highest BCUT2D eigenvalue weighted by molar-refractivity contribution is 5.94. The Bertz CT molecular complexity index is 863. The van der Waals surface area contributed by atoms with Gasteiger partial charge in [-0.2, -0.15) is 18.2 Å². The molecule has 6 nitrogen and oxygen atoms in total.